The van der Waals surface area contributed by atoms with Gasteiger partial charge in [-0.2, -0.15) is 0 Å². The predicted octanol–water partition coefficient (Wildman–Crippen LogP) is 5.65. The first kappa shape index (κ1) is 47.6. The number of nitrogens with one attached hydrogen (secondary N) is 2. The average molecular weight is 853 g/mol. The number of amides is 5. The molecule has 2 saturated heterocycles. The molecule has 2 aliphatic rings. The Morgan fingerprint density at radius 3 is 1.76 bits per heavy atom. The second-order valence-electron chi connectivity index (χ2n) is 17.7. The molecule has 3 aromatic rings. The molecule has 5 amide bonds. The summed E-state index contributed by atoms with van der Waals surface area (Å²) in [4.78, 5) is 78.5. The highest BCUT2D eigenvalue weighted by molar-refractivity contribution is 5.96. The summed E-state index contributed by atoms with van der Waals surface area (Å²) in [6, 6.07) is 21.8. The number of nitrogens with zero attached hydrogens (tertiary/aromatic N) is 4. The van der Waals surface area contributed by atoms with E-state index in [0.29, 0.717) is 63.4 Å². The summed E-state index contributed by atoms with van der Waals surface area (Å²) in [7, 11) is 4.74. The predicted molar refractivity (Wildman–Crippen MR) is 240 cm³/mol. The Balaban J connectivity index is 1.29. The van der Waals surface area contributed by atoms with Crippen LogP contribution in [0, 0.1) is 17.8 Å². The van der Waals surface area contributed by atoms with E-state index in [9.17, 15) is 24.0 Å². The van der Waals surface area contributed by atoms with Gasteiger partial charge in [-0.25, -0.2) is 0 Å². The lowest BCUT2D eigenvalue weighted by Gasteiger charge is -2.39. The van der Waals surface area contributed by atoms with E-state index >= 15 is 0 Å². The van der Waals surface area contributed by atoms with Crippen molar-refractivity contribution in [1.82, 2.24) is 30.2 Å². The topological polar surface area (TPSA) is 141 Å². The van der Waals surface area contributed by atoms with Crippen molar-refractivity contribution in [1.29, 1.82) is 0 Å². The molecule has 0 aromatic heterocycles. The second-order valence-corrected chi connectivity index (χ2v) is 17.7. The van der Waals surface area contributed by atoms with E-state index in [1.165, 1.54) is 4.90 Å². The summed E-state index contributed by atoms with van der Waals surface area (Å²) >= 11 is 0. The largest absolute Gasteiger partial charge is 0.493 e. The van der Waals surface area contributed by atoms with E-state index in [1.54, 1.807) is 43.2 Å². The zero-order chi connectivity index (χ0) is 45.1. The zero-order valence-corrected chi connectivity index (χ0v) is 38.1. The van der Waals surface area contributed by atoms with Crippen LogP contribution in [0.1, 0.15) is 83.9 Å². The van der Waals surface area contributed by atoms with E-state index in [2.05, 4.69) is 15.5 Å². The zero-order valence-electron chi connectivity index (χ0n) is 38.1. The van der Waals surface area contributed by atoms with Crippen LogP contribution in [0.2, 0.25) is 0 Å². The molecule has 0 spiro atoms. The highest BCUT2D eigenvalue weighted by atomic mass is 16.5. The van der Waals surface area contributed by atoms with Crippen LogP contribution in [-0.2, 0) is 43.6 Å². The molecule has 0 unspecified atom stereocenters. The number of hydrogen-bond donors (Lipinski definition) is 2. The Bertz CT molecular complexity index is 1930. The molecule has 0 bridgehead atoms. The number of methoxy groups -OCH3 is 2. The summed E-state index contributed by atoms with van der Waals surface area (Å²) in [5, 5.41) is 6.12. The number of likely N-dealkylation sites (tertiary alicyclic amines) is 2. The minimum absolute atomic E-state index is 0.0865. The Morgan fingerprint density at radius 1 is 0.677 bits per heavy atom. The SMILES string of the molecule is COc1ccc(CNC(=O)[C@@H]2CCCN2C(=O)[C@@H]2CCCN2C(=O)[C@H](C(C)C)N(C)C(=O)[C@@H](NC(=O)[C@H](C(C)C)N(Cc2ccccc2)Cc2ccccc2)C(C)C)cc1OC. The van der Waals surface area contributed by atoms with Gasteiger partial charge < -0.3 is 34.8 Å². The Labute approximate surface area is 368 Å². The number of rotatable bonds is 19. The third kappa shape index (κ3) is 11.5. The molecule has 2 heterocycles. The molecule has 2 fully saturated rings. The van der Waals surface area contributed by atoms with Gasteiger partial charge in [0.1, 0.15) is 24.2 Å². The normalized spacial score (nSPS) is 17.9. The van der Waals surface area contributed by atoms with E-state index in [4.69, 9.17) is 9.47 Å². The third-order valence-electron chi connectivity index (χ3n) is 12.2. The second kappa shape index (κ2) is 22.1. The van der Waals surface area contributed by atoms with Crippen LogP contribution in [0.15, 0.2) is 78.9 Å². The van der Waals surface area contributed by atoms with Gasteiger partial charge in [-0.1, -0.05) is 108 Å². The molecule has 5 rings (SSSR count). The first-order valence-corrected chi connectivity index (χ1v) is 22.1. The molecule has 2 aliphatic heterocycles. The quantitative estimate of drug-likeness (QED) is 0.158. The van der Waals surface area contributed by atoms with Gasteiger partial charge in [-0.3, -0.25) is 28.9 Å². The summed E-state index contributed by atoms with van der Waals surface area (Å²) < 4.78 is 10.7. The van der Waals surface area contributed by atoms with Crippen LogP contribution in [0.3, 0.4) is 0 Å². The van der Waals surface area contributed by atoms with Crippen LogP contribution in [0.25, 0.3) is 0 Å². The van der Waals surface area contributed by atoms with Crippen molar-refractivity contribution in [3.63, 3.8) is 0 Å². The lowest BCUT2D eigenvalue weighted by atomic mass is 9.95. The highest BCUT2D eigenvalue weighted by Gasteiger charge is 2.46. The number of benzene rings is 3. The number of ether oxygens (including phenoxy) is 2. The lowest BCUT2D eigenvalue weighted by molar-refractivity contribution is -0.153. The summed E-state index contributed by atoms with van der Waals surface area (Å²) in [6.07, 6.45) is 2.28. The van der Waals surface area contributed by atoms with Gasteiger partial charge in [0, 0.05) is 39.8 Å². The molecule has 2 N–H and O–H groups in total. The molecule has 336 valence electrons. The van der Waals surface area contributed by atoms with Gasteiger partial charge >= 0.3 is 0 Å². The molecular formula is C49H68N6O7. The van der Waals surface area contributed by atoms with Crippen molar-refractivity contribution in [2.24, 2.45) is 17.8 Å². The number of carbonyl (C=O) groups excluding carboxylic acids is 5. The van der Waals surface area contributed by atoms with Crippen molar-refractivity contribution in [2.75, 3.05) is 34.4 Å². The minimum atomic E-state index is -0.906. The fourth-order valence-corrected chi connectivity index (χ4v) is 9.03. The highest BCUT2D eigenvalue weighted by Crippen LogP contribution is 2.30. The van der Waals surface area contributed by atoms with Crippen LogP contribution in [0.5, 0.6) is 11.5 Å². The van der Waals surface area contributed by atoms with Gasteiger partial charge in [0.25, 0.3) is 0 Å². The third-order valence-corrected chi connectivity index (χ3v) is 12.2. The van der Waals surface area contributed by atoms with Gasteiger partial charge in [0.05, 0.1) is 20.3 Å². The first-order valence-electron chi connectivity index (χ1n) is 22.1. The maximum Gasteiger partial charge on any atom is 0.246 e. The monoisotopic (exact) mass is 853 g/mol. The van der Waals surface area contributed by atoms with E-state index < -0.39 is 30.2 Å². The van der Waals surface area contributed by atoms with Crippen molar-refractivity contribution < 1.29 is 33.4 Å². The fourth-order valence-electron chi connectivity index (χ4n) is 9.03. The molecule has 0 saturated carbocycles. The molecular weight excluding hydrogens is 785 g/mol. The Hall–Kier alpha value is -5.43. The molecule has 13 nitrogen and oxygen atoms in total. The van der Waals surface area contributed by atoms with Gasteiger partial charge in [-0.15, -0.1) is 0 Å². The summed E-state index contributed by atoms with van der Waals surface area (Å²) in [5.41, 5.74) is 2.97. The molecule has 0 radical (unpaired) electrons. The van der Waals surface area contributed by atoms with Crippen LogP contribution < -0.4 is 20.1 Å². The maximum atomic E-state index is 14.7. The minimum Gasteiger partial charge on any atom is -0.493 e. The van der Waals surface area contributed by atoms with E-state index in [1.807, 2.05) is 108 Å². The van der Waals surface area contributed by atoms with Gasteiger partial charge in [0.15, 0.2) is 11.5 Å². The Kier molecular flexibility index (Phi) is 17.0. The molecule has 62 heavy (non-hydrogen) atoms. The number of carbonyl (C=O) groups is 5. The number of hydrogen-bond acceptors (Lipinski definition) is 8. The van der Waals surface area contributed by atoms with Gasteiger partial charge in [-0.05, 0) is 72.3 Å². The van der Waals surface area contributed by atoms with Crippen molar-refractivity contribution in [3.8, 4) is 11.5 Å². The molecule has 13 heteroatoms. The maximum absolute atomic E-state index is 14.7. The first-order chi connectivity index (χ1) is 29.7. The van der Waals surface area contributed by atoms with E-state index in [-0.39, 0.29) is 53.8 Å². The smallest absolute Gasteiger partial charge is 0.246 e. The van der Waals surface area contributed by atoms with Crippen LogP contribution >= 0.6 is 0 Å². The molecule has 0 aliphatic carbocycles. The summed E-state index contributed by atoms with van der Waals surface area (Å²) in [6.45, 7) is 13.7. The average Bonchev–Trinajstić information content (AvgIpc) is 3.96. The fraction of sp³-hybridized carbons (Fsp3) is 0.531. The number of likely N-dealkylation sites (N-methyl/N-ethyl adjacent to an activating group) is 1. The summed E-state index contributed by atoms with van der Waals surface area (Å²) in [5.74, 6) is -0.964. The van der Waals surface area contributed by atoms with E-state index in [0.717, 1.165) is 16.7 Å². The van der Waals surface area contributed by atoms with Crippen LogP contribution in [0.4, 0.5) is 0 Å². The molecule has 3 aromatic carbocycles. The Morgan fingerprint density at radius 2 is 1.23 bits per heavy atom. The standard InChI is InChI=1S/C49H68N6O7/c1-32(2)42(51-46(57)43(33(3)4)53(30-35-18-12-10-13-19-35)31-36-20-14-11-15-21-36)48(59)52(7)44(34(5)6)49(60)55-27-17-23-39(55)47(58)54-26-16-22-38(54)45(56)50-29-37-24-25-40(61-8)41(28-37)62-9/h10-15,18-21,24-25,28,32-34,38-39,42-44H,16-17,22-23,26-27,29-31H2,1-9H3,(H,50,56)(H,51,57)/t38-,39-,42-,43-,44-/m0/s1. The van der Waals surface area contributed by atoms with Crippen molar-refractivity contribution in [2.45, 2.75) is 117 Å². The molecule has 5 atom stereocenters. The van der Waals surface area contributed by atoms with Crippen LogP contribution in [-0.4, -0.2) is 114 Å². The van der Waals surface area contributed by atoms with Crippen molar-refractivity contribution in [3.05, 3.63) is 95.6 Å². The van der Waals surface area contributed by atoms with Gasteiger partial charge in [0.2, 0.25) is 29.5 Å². The lowest BCUT2D eigenvalue weighted by Crippen LogP contribution is -2.61. The van der Waals surface area contributed by atoms with Crippen molar-refractivity contribution >= 4 is 29.5 Å².